The van der Waals surface area contributed by atoms with E-state index in [0.29, 0.717) is 6.04 Å². The molecule has 5 nitrogen and oxygen atoms in total. The Kier molecular flexibility index (Phi) is 6.81. The van der Waals surface area contributed by atoms with Crippen molar-refractivity contribution in [2.24, 2.45) is 4.99 Å². The fraction of sp³-hybridized carbons (Fsp3) is 0.611. The number of nitrogens with one attached hydrogen (secondary N) is 2. The first-order chi connectivity index (χ1) is 11.8. The summed E-state index contributed by atoms with van der Waals surface area (Å²) in [5.41, 5.74) is 0. The second-order valence-electron chi connectivity index (χ2n) is 6.30. The predicted molar refractivity (Wildman–Crippen MR) is 103 cm³/mol. The van der Waals surface area contributed by atoms with Crippen LogP contribution in [0.15, 0.2) is 40.2 Å². The van der Waals surface area contributed by atoms with E-state index in [0.717, 1.165) is 31.3 Å². The highest BCUT2D eigenvalue weighted by atomic mass is 32.2. The number of hydrogen-bond donors (Lipinski definition) is 2. The lowest BCUT2D eigenvalue weighted by molar-refractivity contribution is 0.0174. The molecule has 4 rings (SSSR count). The quantitative estimate of drug-likeness (QED) is 0.337. The first kappa shape index (κ1) is 17.6. The minimum Gasteiger partial charge on any atom is -0.357 e. The average Bonchev–Trinajstić information content (AvgIpc) is 2.65. The first-order valence-corrected chi connectivity index (χ1v) is 10.00. The van der Waals surface area contributed by atoms with Crippen LogP contribution in [0.25, 0.3) is 0 Å². The van der Waals surface area contributed by atoms with Gasteiger partial charge in [-0.15, -0.1) is 11.8 Å². The van der Waals surface area contributed by atoms with E-state index in [1.54, 1.807) is 0 Å². The molecule has 2 N–H and O–H groups in total. The van der Waals surface area contributed by atoms with Crippen LogP contribution in [-0.2, 0) is 0 Å². The van der Waals surface area contributed by atoms with Crippen LogP contribution in [0.4, 0.5) is 0 Å². The van der Waals surface area contributed by atoms with E-state index in [-0.39, 0.29) is 0 Å². The molecule has 0 aliphatic carbocycles. The smallest absolute Gasteiger partial charge is 0.191 e. The van der Waals surface area contributed by atoms with Gasteiger partial charge in [0.2, 0.25) is 0 Å². The maximum Gasteiger partial charge on any atom is 0.191 e. The highest BCUT2D eigenvalue weighted by Gasteiger charge is 2.31. The van der Waals surface area contributed by atoms with E-state index in [1.165, 1.54) is 37.6 Å². The number of aliphatic imine (C=N–C) groups is 1. The van der Waals surface area contributed by atoms with Crippen LogP contribution in [0.2, 0.25) is 0 Å². The number of fused-ring (bicyclic) bond motifs is 3. The van der Waals surface area contributed by atoms with Crippen molar-refractivity contribution in [2.45, 2.75) is 17.9 Å². The van der Waals surface area contributed by atoms with E-state index in [9.17, 15) is 0 Å². The normalized spacial score (nSPS) is 26.4. The van der Waals surface area contributed by atoms with E-state index < -0.39 is 0 Å². The number of benzene rings is 1. The van der Waals surface area contributed by atoms with Gasteiger partial charge >= 0.3 is 0 Å². The molecular formula is C18H29N5S. The highest BCUT2D eigenvalue weighted by molar-refractivity contribution is 7.99. The number of rotatable bonds is 7. The SMILES string of the molecule is CCNC(=NCC1CN2CCN1CC2)NCCSc1ccccc1. The van der Waals surface area contributed by atoms with Crippen molar-refractivity contribution in [1.82, 2.24) is 20.4 Å². The van der Waals surface area contributed by atoms with Crippen molar-refractivity contribution in [3.63, 3.8) is 0 Å². The molecule has 1 aromatic rings. The molecule has 0 spiro atoms. The second-order valence-corrected chi connectivity index (χ2v) is 7.47. The zero-order valence-corrected chi connectivity index (χ0v) is 15.4. The Balaban J connectivity index is 1.42. The van der Waals surface area contributed by atoms with Crippen LogP contribution in [0.5, 0.6) is 0 Å². The van der Waals surface area contributed by atoms with Gasteiger partial charge < -0.3 is 10.6 Å². The van der Waals surface area contributed by atoms with Crippen molar-refractivity contribution in [2.75, 3.05) is 58.1 Å². The fourth-order valence-corrected chi connectivity index (χ4v) is 4.08. The van der Waals surface area contributed by atoms with Crippen molar-refractivity contribution in [1.29, 1.82) is 0 Å². The lowest BCUT2D eigenvalue weighted by Crippen LogP contribution is -2.62. The van der Waals surface area contributed by atoms with E-state index in [1.807, 2.05) is 11.8 Å². The lowest BCUT2D eigenvalue weighted by Gasteiger charge is -2.47. The van der Waals surface area contributed by atoms with E-state index in [2.05, 4.69) is 57.7 Å². The second kappa shape index (κ2) is 9.30. The lowest BCUT2D eigenvalue weighted by atomic mass is 10.1. The Hall–Kier alpha value is -1.24. The Bertz CT molecular complexity index is 513. The molecule has 1 atom stereocenters. The maximum atomic E-state index is 4.82. The summed E-state index contributed by atoms with van der Waals surface area (Å²) in [6, 6.07) is 11.1. The molecule has 2 bridgehead atoms. The van der Waals surface area contributed by atoms with Gasteiger partial charge in [0.05, 0.1) is 6.54 Å². The van der Waals surface area contributed by atoms with Crippen LogP contribution in [0.1, 0.15) is 6.92 Å². The summed E-state index contributed by atoms with van der Waals surface area (Å²) in [6.07, 6.45) is 0. The van der Waals surface area contributed by atoms with Crippen LogP contribution >= 0.6 is 11.8 Å². The van der Waals surface area contributed by atoms with Crippen molar-refractivity contribution < 1.29 is 0 Å². The van der Waals surface area contributed by atoms with Crippen LogP contribution in [0.3, 0.4) is 0 Å². The standard InChI is InChI=1S/C18H29N5S/c1-2-19-18(20-8-13-24-17-6-4-3-5-7-17)21-14-16-15-22-9-11-23(16)12-10-22/h3-7,16H,2,8-15H2,1H3,(H2,19,20,21). The minimum atomic E-state index is 0.585. The number of guanidine groups is 1. The topological polar surface area (TPSA) is 42.9 Å². The highest BCUT2D eigenvalue weighted by Crippen LogP contribution is 2.16. The minimum absolute atomic E-state index is 0.585. The van der Waals surface area contributed by atoms with Gasteiger partial charge in [0.25, 0.3) is 0 Å². The van der Waals surface area contributed by atoms with Crippen molar-refractivity contribution in [3.8, 4) is 0 Å². The molecule has 0 aromatic heterocycles. The van der Waals surface area contributed by atoms with Gasteiger partial charge in [-0.1, -0.05) is 18.2 Å². The summed E-state index contributed by atoms with van der Waals surface area (Å²) in [7, 11) is 0. The van der Waals surface area contributed by atoms with Gasteiger partial charge in [-0.2, -0.15) is 0 Å². The molecule has 0 amide bonds. The molecule has 1 aromatic carbocycles. The van der Waals surface area contributed by atoms with Crippen LogP contribution < -0.4 is 10.6 Å². The molecule has 3 aliphatic heterocycles. The number of nitrogens with zero attached hydrogens (tertiary/aromatic N) is 3. The monoisotopic (exact) mass is 347 g/mol. The summed E-state index contributed by atoms with van der Waals surface area (Å²) in [4.78, 5) is 11.3. The van der Waals surface area contributed by atoms with Gasteiger partial charge in [-0.25, -0.2) is 0 Å². The summed E-state index contributed by atoms with van der Waals surface area (Å²) in [5.74, 6) is 1.99. The van der Waals surface area contributed by atoms with Gasteiger partial charge in [-0.05, 0) is 19.1 Å². The Morgan fingerprint density at radius 1 is 1.17 bits per heavy atom. The third-order valence-corrected chi connectivity index (χ3v) is 5.62. The Morgan fingerprint density at radius 3 is 2.62 bits per heavy atom. The molecule has 3 heterocycles. The summed E-state index contributed by atoms with van der Waals surface area (Å²) >= 11 is 1.88. The van der Waals surface area contributed by atoms with Gasteiger partial charge in [-0.3, -0.25) is 14.8 Å². The average molecular weight is 348 g/mol. The van der Waals surface area contributed by atoms with Crippen molar-refractivity contribution >= 4 is 17.7 Å². The van der Waals surface area contributed by atoms with Crippen molar-refractivity contribution in [3.05, 3.63) is 30.3 Å². The molecule has 24 heavy (non-hydrogen) atoms. The third-order valence-electron chi connectivity index (χ3n) is 4.60. The Labute approximate surface area is 149 Å². The summed E-state index contributed by atoms with van der Waals surface area (Å²) < 4.78 is 0. The van der Waals surface area contributed by atoms with Gasteiger partial charge in [0.15, 0.2) is 5.96 Å². The van der Waals surface area contributed by atoms with Gasteiger partial charge in [0.1, 0.15) is 0 Å². The molecule has 132 valence electrons. The summed E-state index contributed by atoms with van der Waals surface area (Å²) in [6.45, 7) is 10.9. The van der Waals surface area contributed by atoms with E-state index in [4.69, 9.17) is 4.99 Å². The fourth-order valence-electron chi connectivity index (χ4n) is 3.29. The molecule has 3 fully saturated rings. The molecular weight excluding hydrogens is 318 g/mol. The predicted octanol–water partition coefficient (Wildman–Crippen LogP) is 1.33. The summed E-state index contributed by atoms with van der Waals surface area (Å²) in [5, 5.41) is 6.82. The Morgan fingerprint density at radius 2 is 1.96 bits per heavy atom. The number of hydrogen-bond acceptors (Lipinski definition) is 4. The first-order valence-electron chi connectivity index (χ1n) is 9.01. The number of piperazine rings is 3. The zero-order valence-electron chi connectivity index (χ0n) is 14.6. The zero-order chi connectivity index (χ0) is 16.6. The van der Waals surface area contributed by atoms with Gasteiger partial charge in [0, 0.05) is 62.5 Å². The number of thioether (sulfide) groups is 1. The van der Waals surface area contributed by atoms with Crippen LogP contribution in [-0.4, -0.2) is 79.9 Å². The molecule has 6 heteroatoms. The van der Waals surface area contributed by atoms with Crippen LogP contribution in [0, 0.1) is 0 Å². The van der Waals surface area contributed by atoms with E-state index >= 15 is 0 Å². The third kappa shape index (κ3) is 5.13. The molecule has 3 aliphatic rings. The molecule has 1 unspecified atom stereocenters. The molecule has 3 saturated heterocycles. The molecule has 0 radical (unpaired) electrons. The maximum absolute atomic E-state index is 4.82. The molecule has 0 saturated carbocycles. The largest absolute Gasteiger partial charge is 0.357 e.